The van der Waals surface area contributed by atoms with Gasteiger partial charge in [0.1, 0.15) is 0 Å². The lowest BCUT2D eigenvalue weighted by Crippen LogP contribution is -2.55. The minimum absolute atomic E-state index is 0.132. The Bertz CT molecular complexity index is 357. The number of hydrogen-bond acceptors (Lipinski definition) is 2. The maximum atomic E-state index is 6.88. The summed E-state index contributed by atoms with van der Waals surface area (Å²) < 4.78 is 13.8. The van der Waals surface area contributed by atoms with Crippen LogP contribution < -0.4 is 0 Å². The topological polar surface area (TPSA) is 18.5 Å². The van der Waals surface area contributed by atoms with Gasteiger partial charge in [-0.1, -0.05) is 98.3 Å². The Hall–Kier alpha value is -0.0800. The minimum atomic E-state index is -0.445. The second kappa shape index (κ2) is 17.5. The number of ether oxygens (including phenoxy) is 2. The summed E-state index contributed by atoms with van der Waals surface area (Å²) in [4.78, 5) is 0. The van der Waals surface area contributed by atoms with E-state index in [1.54, 1.807) is 0 Å². The van der Waals surface area contributed by atoms with Crippen molar-refractivity contribution in [2.45, 2.75) is 176 Å². The molecular formula is C28H58O2. The number of unbranched alkanes of at least 4 members (excludes halogenated alkanes) is 8. The lowest BCUT2D eigenvalue weighted by molar-refractivity contribution is -0.335. The van der Waals surface area contributed by atoms with Crippen LogP contribution in [-0.2, 0) is 9.47 Å². The smallest absolute Gasteiger partial charge is 0.174 e. The number of rotatable bonds is 21. The first-order valence-corrected chi connectivity index (χ1v) is 13.7. The summed E-state index contributed by atoms with van der Waals surface area (Å²) in [6.45, 7) is 18.0. The summed E-state index contributed by atoms with van der Waals surface area (Å²) in [7, 11) is 0. The van der Waals surface area contributed by atoms with Gasteiger partial charge in [0.2, 0.25) is 0 Å². The van der Waals surface area contributed by atoms with E-state index in [9.17, 15) is 0 Å². The van der Waals surface area contributed by atoms with Crippen molar-refractivity contribution in [2.24, 2.45) is 5.41 Å². The molecule has 0 aromatic rings. The van der Waals surface area contributed by atoms with Crippen molar-refractivity contribution < 1.29 is 9.47 Å². The molecule has 2 heteroatoms. The van der Waals surface area contributed by atoms with Crippen LogP contribution in [-0.4, -0.2) is 18.0 Å². The van der Waals surface area contributed by atoms with Gasteiger partial charge in [0.15, 0.2) is 5.79 Å². The van der Waals surface area contributed by atoms with Gasteiger partial charge >= 0.3 is 0 Å². The Morgan fingerprint density at radius 3 is 1.27 bits per heavy atom. The van der Waals surface area contributed by atoms with E-state index in [-0.39, 0.29) is 17.6 Å². The van der Waals surface area contributed by atoms with Crippen LogP contribution in [0, 0.1) is 5.41 Å². The Kier molecular flexibility index (Phi) is 17.4. The van der Waals surface area contributed by atoms with Gasteiger partial charge < -0.3 is 9.47 Å². The first kappa shape index (κ1) is 29.9. The zero-order valence-corrected chi connectivity index (χ0v) is 22.3. The van der Waals surface area contributed by atoms with Gasteiger partial charge in [0, 0.05) is 11.8 Å². The van der Waals surface area contributed by atoms with Crippen LogP contribution in [0.1, 0.15) is 158 Å². The van der Waals surface area contributed by atoms with Gasteiger partial charge in [-0.15, -0.1) is 0 Å². The molecule has 0 saturated carbocycles. The molecule has 0 rings (SSSR count). The first-order chi connectivity index (χ1) is 14.3. The Morgan fingerprint density at radius 2 is 0.833 bits per heavy atom. The Labute approximate surface area is 191 Å². The SMILES string of the molecule is CCCCCCCCC(CCCC)(CCCC)C(CCCC)(OC(C)C)OC(C)C. The van der Waals surface area contributed by atoms with Crippen LogP contribution in [0.25, 0.3) is 0 Å². The fourth-order valence-electron chi connectivity index (χ4n) is 5.05. The molecule has 2 nitrogen and oxygen atoms in total. The molecule has 0 spiro atoms. The summed E-state index contributed by atoms with van der Waals surface area (Å²) >= 11 is 0. The molecule has 0 aromatic carbocycles. The Morgan fingerprint density at radius 1 is 0.467 bits per heavy atom. The molecule has 0 radical (unpaired) electrons. The van der Waals surface area contributed by atoms with Gasteiger partial charge in [0.25, 0.3) is 0 Å². The van der Waals surface area contributed by atoms with Crippen molar-refractivity contribution in [3.63, 3.8) is 0 Å². The summed E-state index contributed by atoms with van der Waals surface area (Å²) in [6, 6.07) is 0. The van der Waals surface area contributed by atoms with E-state index >= 15 is 0 Å². The maximum absolute atomic E-state index is 6.88. The molecule has 0 atom stereocenters. The highest BCUT2D eigenvalue weighted by atomic mass is 16.7. The van der Waals surface area contributed by atoms with E-state index in [1.807, 2.05) is 0 Å². The van der Waals surface area contributed by atoms with Crippen LogP contribution in [0.15, 0.2) is 0 Å². The average Bonchev–Trinajstić information content (AvgIpc) is 2.69. The highest BCUT2D eigenvalue weighted by Crippen LogP contribution is 2.52. The third-order valence-corrected chi connectivity index (χ3v) is 6.55. The van der Waals surface area contributed by atoms with Gasteiger partial charge in [-0.25, -0.2) is 0 Å². The first-order valence-electron chi connectivity index (χ1n) is 13.7. The normalized spacial score (nSPS) is 13.0. The molecule has 0 aliphatic carbocycles. The zero-order valence-electron chi connectivity index (χ0n) is 22.3. The van der Waals surface area contributed by atoms with E-state index in [2.05, 4.69) is 55.4 Å². The largest absolute Gasteiger partial charge is 0.347 e. The Balaban J connectivity index is 5.94. The molecule has 0 unspecified atom stereocenters. The molecule has 0 fully saturated rings. The predicted molar refractivity (Wildman–Crippen MR) is 134 cm³/mol. The third kappa shape index (κ3) is 11.0. The van der Waals surface area contributed by atoms with E-state index in [4.69, 9.17) is 9.47 Å². The lowest BCUT2D eigenvalue weighted by atomic mass is 9.66. The van der Waals surface area contributed by atoms with Crippen molar-refractivity contribution in [1.29, 1.82) is 0 Å². The second-order valence-corrected chi connectivity index (χ2v) is 10.2. The van der Waals surface area contributed by atoms with Crippen LogP contribution in [0.5, 0.6) is 0 Å². The van der Waals surface area contributed by atoms with Crippen LogP contribution in [0.3, 0.4) is 0 Å². The van der Waals surface area contributed by atoms with E-state index in [0.29, 0.717) is 0 Å². The van der Waals surface area contributed by atoms with Crippen molar-refractivity contribution in [1.82, 2.24) is 0 Å². The summed E-state index contributed by atoms with van der Waals surface area (Å²) in [5, 5.41) is 0. The monoisotopic (exact) mass is 426 g/mol. The molecule has 0 aromatic heterocycles. The maximum Gasteiger partial charge on any atom is 0.174 e. The molecule has 0 bridgehead atoms. The molecule has 182 valence electrons. The molecule has 0 amide bonds. The molecule has 0 N–H and O–H groups in total. The minimum Gasteiger partial charge on any atom is -0.347 e. The lowest BCUT2D eigenvalue weighted by Gasteiger charge is -2.52. The van der Waals surface area contributed by atoms with E-state index < -0.39 is 5.79 Å². The molecule has 30 heavy (non-hydrogen) atoms. The quantitative estimate of drug-likeness (QED) is 0.134. The average molecular weight is 427 g/mol. The predicted octanol–water partition coefficient (Wildman–Crippen LogP) is 9.84. The van der Waals surface area contributed by atoms with Crippen molar-refractivity contribution in [3.8, 4) is 0 Å². The fourth-order valence-corrected chi connectivity index (χ4v) is 5.05. The van der Waals surface area contributed by atoms with Crippen molar-refractivity contribution in [3.05, 3.63) is 0 Å². The highest BCUT2D eigenvalue weighted by molar-refractivity contribution is 4.95. The standard InChI is InChI=1S/C28H58O2/c1-9-13-17-18-19-20-23-27(21-14-10-2,22-15-11-3)28(24-16-12-4,29-25(5)6)30-26(7)8/h25-26H,9-24H2,1-8H3. The van der Waals surface area contributed by atoms with E-state index in [1.165, 1.54) is 96.3 Å². The molecule has 0 saturated heterocycles. The van der Waals surface area contributed by atoms with Gasteiger partial charge in [-0.3, -0.25) is 0 Å². The molecule has 0 aliphatic rings. The zero-order chi connectivity index (χ0) is 22.9. The second-order valence-electron chi connectivity index (χ2n) is 10.2. The van der Waals surface area contributed by atoms with Crippen molar-refractivity contribution >= 4 is 0 Å². The van der Waals surface area contributed by atoms with Gasteiger partial charge in [-0.05, 0) is 53.4 Å². The third-order valence-electron chi connectivity index (χ3n) is 6.55. The fraction of sp³-hybridized carbons (Fsp3) is 1.00. The summed E-state index contributed by atoms with van der Waals surface area (Å²) in [5.41, 5.74) is 0.132. The van der Waals surface area contributed by atoms with E-state index in [0.717, 1.165) is 6.42 Å². The molecule has 0 aliphatic heterocycles. The highest BCUT2D eigenvalue weighted by Gasteiger charge is 2.52. The number of hydrogen-bond donors (Lipinski definition) is 0. The molecule has 0 heterocycles. The van der Waals surface area contributed by atoms with Gasteiger partial charge in [-0.2, -0.15) is 0 Å². The summed E-state index contributed by atoms with van der Waals surface area (Å²) in [6.07, 6.45) is 20.7. The van der Waals surface area contributed by atoms with Gasteiger partial charge in [0.05, 0.1) is 12.2 Å². The van der Waals surface area contributed by atoms with Crippen molar-refractivity contribution in [2.75, 3.05) is 0 Å². The van der Waals surface area contributed by atoms with Crippen LogP contribution in [0.4, 0.5) is 0 Å². The van der Waals surface area contributed by atoms with Crippen LogP contribution >= 0.6 is 0 Å². The van der Waals surface area contributed by atoms with Crippen LogP contribution in [0.2, 0.25) is 0 Å². The summed E-state index contributed by atoms with van der Waals surface area (Å²) in [5.74, 6) is -0.445. The molecular weight excluding hydrogens is 368 g/mol.